The van der Waals surface area contributed by atoms with Gasteiger partial charge in [0, 0.05) is 24.2 Å². The van der Waals surface area contributed by atoms with Gasteiger partial charge in [-0.15, -0.1) is 0 Å². The zero-order valence-corrected chi connectivity index (χ0v) is 13.0. The van der Waals surface area contributed by atoms with Gasteiger partial charge < -0.3 is 20.2 Å². The van der Waals surface area contributed by atoms with Gasteiger partial charge in [0.2, 0.25) is 0 Å². The van der Waals surface area contributed by atoms with E-state index in [4.69, 9.17) is 5.11 Å². The Labute approximate surface area is 138 Å². The summed E-state index contributed by atoms with van der Waals surface area (Å²) in [6.45, 7) is 1.05. The molecule has 0 aliphatic carbocycles. The second-order valence-corrected chi connectivity index (χ2v) is 6.54. The zero-order valence-electron chi connectivity index (χ0n) is 13.0. The van der Waals surface area contributed by atoms with E-state index in [0.717, 1.165) is 16.6 Å². The molecule has 4 N–H and O–H groups in total. The van der Waals surface area contributed by atoms with Gasteiger partial charge in [-0.1, -0.05) is 0 Å². The second-order valence-electron chi connectivity index (χ2n) is 6.54. The minimum absolute atomic E-state index is 0.225. The van der Waals surface area contributed by atoms with Gasteiger partial charge in [0.15, 0.2) is 0 Å². The molecule has 0 saturated carbocycles. The number of hydrogen-bond donors (Lipinski definition) is 4. The molecule has 128 valence electrons. The van der Waals surface area contributed by atoms with Crippen molar-refractivity contribution in [2.75, 3.05) is 18.0 Å². The molecular formula is C16H20N4O4. The first-order chi connectivity index (χ1) is 11.5. The van der Waals surface area contributed by atoms with E-state index >= 15 is 0 Å². The maximum Gasteiger partial charge on any atom is 0.310 e. The minimum Gasteiger partial charge on any atom is -0.481 e. The number of anilines is 1. The van der Waals surface area contributed by atoms with Crippen LogP contribution in [0, 0.1) is 5.92 Å². The van der Waals surface area contributed by atoms with Gasteiger partial charge in [0.05, 0.1) is 23.7 Å². The molecule has 0 bridgehead atoms. The highest BCUT2D eigenvalue weighted by molar-refractivity contribution is 5.84. The van der Waals surface area contributed by atoms with Crippen LogP contribution < -0.4 is 10.2 Å². The second kappa shape index (κ2) is 5.73. The van der Waals surface area contributed by atoms with Crippen molar-refractivity contribution in [3.63, 3.8) is 0 Å². The molecule has 2 aromatic rings. The number of aliphatic hydroxyl groups is 2. The summed E-state index contributed by atoms with van der Waals surface area (Å²) in [6.07, 6.45) is 1.43. The number of aliphatic hydroxyl groups excluding tert-OH is 2. The molecule has 2 aliphatic heterocycles. The standard InChI is InChI=1S/C16H20N4O4/c21-14-4-3-13(15(22)18-14)20-12-2-1-11(5-9(12)6-17-20)19-7-10(8-19)16(23)24/h1-2,5-6,10,13-15,18,21-22H,3-4,7-8H2,(H,23,24). The predicted molar refractivity (Wildman–Crippen MR) is 86.5 cm³/mol. The van der Waals surface area contributed by atoms with Gasteiger partial charge in [0.1, 0.15) is 12.5 Å². The van der Waals surface area contributed by atoms with Gasteiger partial charge in [-0.05, 0) is 31.0 Å². The van der Waals surface area contributed by atoms with Crippen molar-refractivity contribution in [3.8, 4) is 0 Å². The number of carboxylic acids is 1. The number of benzene rings is 1. The molecular weight excluding hydrogens is 312 g/mol. The van der Waals surface area contributed by atoms with Crippen LogP contribution in [0.15, 0.2) is 24.4 Å². The third kappa shape index (κ3) is 2.52. The smallest absolute Gasteiger partial charge is 0.310 e. The molecule has 4 rings (SSSR count). The van der Waals surface area contributed by atoms with E-state index in [9.17, 15) is 15.0 Å². The summed E-state index contributed by atoms with van der Waals surface area (Å²) in [7, 11) is 0. The summed E-state index contributed by atoms with van der Waals surface area (Å²) in [5, 5.41) is 36.8. The van der Waals surface area contributed by atoms with Gasteiger partial charge >= 0.3 is 5.97 Å². The average molecular weight is 332 g/mol. The van der Waals surface area contributed by atoms with E-state index in [1.165, 1.54) is 0 Å². The summed E-state index contributed by atoms with van der Waals surface area (Å²) in [6, 6.07) is 5.67. The molecule has 3 atom stereocenters. The molecule has 3 unspecified atom stereocenters. The molecule has 0 spiro atoms. The molecule has 8 nitrogen and oxygen atoms in total. The van der Waals surface area contributed by atoms with Crippen molar-refractivity contribution in [2.24, 2.45) is 5.92 Å². The van der Waals surface area contributed by atoms with Crippen LogP contribution in [-0.2, 0) is 4.79 Å². The van der Waals surface area contributed by atoms with Crippen LogP contribution in [0.3, 0.4) is 0 Å². The number of fused-ring (bicyclic) bond motifs is 1. The van der Waals surface area contributed by atoms with Gasteiger partial charge in [-0.3, -0.25) is 14.8 Å². The minimum atomic E-state index is -0.844. The van der Waals surface area contributed by atoms with Crippen LogP contribution in [0.4, 0.5) is 5.69 Å². The Morgan fingerprint density at radius 2 is 2.04 bits per heavy atom. The molecule has 2 fully saturated rings. The third-order valence-electron chi connectivity index (χ3n) is 4.95. The lowest BCUT2D eigenvalue weighted by Gasteiger charge is -2.38. The highest BCUT2D eigenvalue weighted by Gasteiger charge is 2.33. The van der Waals surface area contributed by atoms with Gasteiger partial charge in [-0.2, -0.15) is 5.10 Å². The molecule has 3 heterocycles. The first-order valence-corrected chi connectivity index (χ1v) is 8.10. The van der Waals surface area contributed by atoms with E-state index in [-0.39, 0.29) is 12.0 Å². The summed E-state index contributed by atoms with van der Waals surface area (Å²) in [5.74, 6) is -1.04. The normalized spacial score (nSPS) is 28.1. The highest BCUT2D eigenvalue weighted by Crippen LogP contribution is 2.31. The summed E-state index contributed by atoms with van der Waals surface area (Å²) < 4.78 is 1.79. The van der Waals surface area contributed by atoms with E-state index in [1.54, 1.807) is 10.9 Å². The lowest BCUT2D eigenvalue weighted by Crippen LogP contribution is -2.50. The largest absolute Gasteiger partial charge is 0.481 e. The number of carbonyl (C=O) groups is 1. The van der Waals surface area contributed by atoms with Crippen LogP contribution in [0.25, 0.3) is 10.9 Å². The first kappa shape index (κ1) is 15.4. The van der Waals surface area contributed by atoms with Crippen molar-refractivity contribution in [3.05, 3.63) is 24.4 Å². The molecule has 2 aliphatic rings. The number of nitrogens with one attached hydrogen (secondary N) is 1. The highest BCUT2D eigenvalue weighted by atomic mass is 16.4. The van der Waals surface area contributed by atoms with Gasteiger partial charge in [-0.25, -0.2) is 0 Å². The summed E-state index contributed by atoms with van der Waals surface area (Å²) in [4.78, 5) is 12.9. The number of aromatic nitrogens is 2. The van der Waals surface area contributed by atoms with E-state index < -0.39 is 18.4 Å². The molecule has 24 heavy (non-hydrogen) atoms. The number of hydrogen-bond acceptors (Lipinski definition) is 6. The molecule has 0 amide bonds. The molecule has 8 heteroatoms. The van der Waals surface area contributed by atoms with Crippen molar-refractivity contribution < 1.29 is 20.1 Å². The Morgan fingerprint density at radius 3 is 2.75 bits per heavy atom. The van der Waals surface area contributed by atoms with Crippen LogP contribution >= 0.6 is 0 Å². The van der Waals surface area contributed by atoms with Crippen LogP contribution in [0.2, 0.25) is 0 Å². The van der Waals surface area contributed by atoms with Crippen LogP contribution in [-0.4, -0.2) is 56.6 Å². The summed E-state index contributed by atoms with van der Waals surface area (Å²) >= 11 is 0. The zero-order chi connectivity index (χ0) is 16.8. The Balaban J connectivity index is 1.56. The van der Waals surface area contributed by atoms with Crippen LogP contribution in [0.1, 0.15) is 18.9 Å². The Hall–Kier alpha value is -2.16. The van der Waals surface area contributed by atoms with Crippen molar-refractivity contribution in [2.45, 2.75) is 31.3 Å². The molecule has 0 radical (unpaired) electrons. The fourth-order valence-electron chi connectivity index (χ4n) is 3.48. The lowest BCUT2D eigenvalue weighted by atomic mass is 9.99. The fraction of sp³-hybridized carbons (Fsp3) is 0.500. The van der Waals surface area contributed by atoms with E-state index in [0.29, 0.717) is 25.9 Å². The van der Waals surface area contributed by atoms with Crippen molar-refractivity contribution in [1.82, 2.24) is 15.1 Å². The number of piperidine rings is 1. The van der Waals surface area contributed by atoms with Crippen molar-refractivity contribution >= 4 is 22.6 Å². The SMILES string of the molecule is O=C(O)C1CN(c2ccc3c(cnn3C3CCC(O)NC3O)c2)C1. The number of rotatable bonds is 3. The monoisotopic (exact) mass is 332 g/mol. The molecule has 1 aromatic heterocycles. The van der Waals surface area contributed by atoms with Gasteiger partial charge in [0.25, 0.3) is 0 Å². The quantitative estimate of drug-likeness (QED) is 0.632. The Kier molecular flexibility index (Phi) is 3.67. The van der Waals surface area contributed by atoms with E-state index in [2.05, 4.69) is 10.4 Å². The van der Waals surface area contributed by atoms with Crippen molar-refractivity contribution in [1.29, 1.82) is 0 Å². The average Bonchev–Trinajstić information content (AvgIpc) is 2.88. The topological polar surface area (TPSA) is 111 Å². The first-order valence-electron chi connectivity index (χ1n) is 8.10. The third-order valence-corrected chi connectivity index (χ3v) is 4.95. The predicted octanol–water partition coefficient (Wildman–Crippen LogP) is 0.118. The maximum atomic E-state index is 10.9. The molecule has 1 aromatic carbocycles. The Morgan fingerprint density at radius 1 is 1.25 bits per heavy atom. The lowest BCUT2D eigenvalue weighted by molar-refractivity contribution is -0.142. The fourth-order valence-corrected chi connectivity index (χ4v) is 3.48. The number of carboxylic acid groups (broad SMARTS) is 1. The van der Waals surface area contributed by atoms with E-state index in [1.807, 2.05) is 23.1 Å². The Bertz CT molecular complexity index is 771. The molecule has 2 saturated heterocycles. The van der Waals surface area contributed by atoms with Crippen LogP contribution in [0.5, 0.6) is 0 Å². The number of nitrogens with zero attached hydrogens (tertiary/aromatic N) is 3. The maximum absolute atomic E-state index is 10.9. The number of aliphatic carboxylic acids is 1. The summed E-state index contributed by atoms with van der Waals surface area (Å²) in [5.41, 5.74) is 1.90.